The molecule has 1 aromatic rings. The molecule has 2 rings (SSSR count). The monoisotopic (exact) mass is 262 g/mol. The lowest BCUT2D eigenvalue weighted by Gasteiger charge is -2.30. The average molecular weight is 262 g/mol. The molecule has 0 aliphatic carbocycles. The minimum absolute atomic E-state index is 0.325. The van der Waals surface area contributed by atoms with E-state index in [1.165, 1.54) is 22.3 Å². The molecule has 1 atom stereocenters. The molecule has 19 heavy (non-hydrogen) atoms. The van der Waals surface area contributed by atoms with Gasteiger partial charge in [-0.25, -0.2) is 0 Å². The van der Waals surface area contributed by atoms with E-state index in [0.29, 0.717) is 6.10 Å². The molecule has 1 unspecified atom stereocenters. The van der Waals surface area contributed by atoms with E-state index in [1.54, 1.807) is 0 Å². The number of ether oxygens (including phenoxy) is 1. The first-order chi connectivity index (χ1) is 9.06. The van der Waals surface area contributed by atoms with Gasteiger partial charge in [0.25, 0.3) is 0 Å². The van der Waals surface area contributed by atoms with Crippen LogP contribution in [0.15, 0.2) is 12.1 Å². The van der Waals surface area contributed by atoms with Gasteiger partial charge in [0.15, 0.2) is 0 Å². The first-order valence-electron chi connectivity index (χ1n) is 7.14. The molecule has 3 nitrogen and oxygen atoms in total. The summed E-state index contributed by atoms with van der Waals surface area (Å²) in [5.41, 5.74) is 5.51. The Balaban J connectivity index is 1.84. The van der Waals surface area contributed by atoms with Crippen molar-refractivity contribution in [3.05, 3.63) is 34.4 Å². The lowest BCUT2D eigenvalue weighted by atomic mass is 10.0. The summed E-state index contributed by atoms with van der Waals surface area (Å²) in [6, 6.07) is 4.57. The number of likely N-dealkylation sites (N-methyl/N-ethyl adjacent to an activating group) is 1. The van der Waals surface area contributed by atoms with Gasteiger partial charge in [-0.1, -0.05) is 12.1 Å². The molecule has 1 saturated heterocycles. The van der Waals surface area contributed by atoms with Crippen molar-refractivity contribution in [2.24, 2.45) is 0 Å². The van der Waals surface area contributed by atoms with Gasteiger partial charge in [-0.15, -0.1) is 0 Å². The first kappa shape index (κ1) is 14.5. The Hall–Kier alpha value is -0.900. The molecular formula is C16H26N2O. The molecule has 0 spiro atoms. The summed E-state index contributed by atoms with van der Waals surface area (Å²) >= 11 is 0. The molecule has 0 bridgehead atoms. The minimum Gasteiger partial charge on any atom is -0.374 e. The molecule has 1 aliphatic heterocycles. The van der Waals surface area contributed by atoms with Gasteiger partial charge in [-0.05, 0) is 50.1 Å². The molecule has 3 heteroatoms. The predicted octanol–water partition coefficient (Wildman–Crippen LogP) is 2.03. The zero-order valence-corrected chi connectivity index (χ0v) is 12.6. The van der Waals surface area contributed by atoms with Crippen LogP contribution < -0.4 is 5.32 Å². The molecule has 0 radical (unpaired) electrons. The van der Waals surface area contributed by atoms with E-state index in [1.807, 2.05) is 0 Å². The smallest absolute Gasteiger partial charge is 0.0826 e. The molecule has 0 saturated carbocycles. The number of morpholine rings is 1. The lowest BCUT2D eigenvalue weighted by molar-refractivity contribution is -0.0182. The van der Waals surface area contributed by atoms with Crippen LogP contribution in [0.2, 0.25) is 0 Å². The Bertz CT molecular complexity index is 431. The molecule has 0 amide bonds. The molecule has 106 valence electrons. The van der Waals surface area contributed by atoms with Crippen LogP contribution in [-0.4, -0.2) is 44.3 Å². The minimum atomic E-state index is 0.325. The lowest BCUT2D eigenvalue weighted by Crippen LogP contribution is -2.44. The summed E-state index contributed by atoms with van der Waals surface area (Å²) in [5.74, 6) is 0. The van der Waals surface area contributed by atoms with E-state index in [9.17, 15) is 0 Å². The highest BCUT2D eigenvalue weighted by Gasteiger charge is 2.16. The Morgan fingerprint density at radius 2 is 1.95 bits per heavy atom. The van der Waals surface area contributed by atoms with Gasteiger partial charge in [-0.2, -0.15) is 0 Å². The highest BCUT2D eigenvalue weighted by atomic mass is 16.5. The maximum absolute atomic E-state index is 5.76. The Labute approximate surface area is 116 Å². The molecule has 1 fully saturated rings. The number of aryl methyl sites for hydroxylation is 3. The summed E-state index contributed by atoms with van der Waals surface area (Å²) in [7, 11) is 2.16. The SMILES string of the molecule is Cc1cc(C)c(CNCC2CN(C)CCO2)cc1C. The zero-order valence-electron chi connectivity index (χ0n) is 12.6. The number of rotatable bonds is 4. The van der Waals surface area contributed by atoms with Gasteiger partial charge in [0.05, 0.1) is 12.7 Å². The van der Waals surface area contributed by atoms with Crippen LogP contribution in [0.25, 0.3) is 0 Å². The van der Waals surface area contributed by atoms with Crippen molar-refractivity contribution < 1.29 is 4.74 Å². The van der Waals surface area contributed by atoms with Crippen molar-refractivity contribution in [1.29, 1.82) is 0 Å². The van der Waals surface area contributed by atoms with E-state index >= 15 is 0 Å². The standard InChI is InChI=1S/C16H26N2O/c1-12-7-14(3)15(8-13(12)2)9-17-10-16-11-18(4)5-6-19-16/h7-8,16-17H,5-6,9-11H2,1-4H3. The normalized spacial score (nSPS) is 20.7. The van der Waals surface area contributed by atoms with Gasteiger partial charge >= 0.3 is 0 Å². The fourth-order valence-electron chi connectivity index (χ4n) is 2.57. The number of nitrogens with one attached hydrogen (secondary N) is 1. The number of benzene rings is 1. The first-order valence-corrected chi connectivity index (χ1v) is 7.14. The number of nitrogens with zero attached hydrogens (tertiary/aromatic N) is 1. The Kier molecular flexibility index (Phi) is 4.97. The largest absolute Gasteiger partial charge is 0.374 e. The molecule has 1 aliphatic rings. The van der Waals surface area contributed by atoms with Crippen molar-refractivity contribution in [2.75, 3.05) is 33.3 Å². The molecule has 1 heterocycles. The maximum atomic E-state index is 5.76. The van der Waals surface area contributed by atoms with Crippen LogP contribution >= 0.6 is 0 Å². The van der Waals surface area contributed by atoms with Gasteiger partial charge < -0.3 is 15.0 Å². The third-order valence-corrected chi connectivity index (χ3v) is 3.98. The molecule has 1 N–H and O–H groups in total. The third kappa shape index (κ3) is 4.03. The quantitative estimate of drug-likeness (QED) is 0.898. The van der Waals surface area contributed by atoms with Crippen LogP contribution in [-0.2, 0) is 11.3 Å². The van der Waals surface area contributed by atoms with Crippen LogP contribution in [0.4, 0.5) is 0 Å². The van der Waals surface area contributed by atoms with E-state index in [0.717, 1.165) is 32.8 Å². The van der Waals surface area contributed by atoms with Crippen LogP contribution in [0.5, 0.6) is 0 Å². The van der Waals surface area contributed by atoms with Crippen molar-refractivity contribution >= 4 is 0 Å². The summed E-state index contributed by atoms with van der Waals surface area (Å²) in [4.78, 5) is 2.33. The fraction of sp³-hybridized carbons (Fsp3) is 0.625. The van der Waals surface area contributed by atoms with Gasteiger partial charge in [0, 0.05) is 26.2 Å². The second-order valence-corrected chi connectivity index (χ2v) is 5.75. The summed E-state index contributed by atoms with van der Waals surface area (Å²) in [6.07, 6.45) is 0.325. The van der Waals surface area contributed by atoms with Gasteiger partial charge in [0.1, 0.15) is 0 Å². The fourth-order valence-corrected chi connectivity index (χ4v) is 2.57. The number of hydrogen-bond acceptors (Lipinski definition) is 3. The zero-order chi connectivity index (χ0) is 13.8. The van der Waals surface area contributed by atoms with Gasteiger partial charge in [-0.3, -0.25) is 0 Å². The Morgan fingerprint density at radius 3 is 2.68 bits per heavy atom. The van der Waals surface area contributed by atoms with Crippen LogP contribution in [0.1, 0.15) is 22.3 Å². The highest BCUT2D eigenvalue weighted by molar-refractivity contribution is 5.36. The Morgan fingerprint density at radius 1 is 1.21 bits per heavy atom. The molecular weight excluding hydrogens is 236 g/mol. The number of hydrogen-bond donors (Lipinski definition) is 1. The summed E-state index contributed by atoms with van der Waals surface area (Å²) in [6.45, 7) is 11.3. The van der Waals surface area contributed by atoms with E-state index < -0.39 is 0 Å². The van der Waals surface area contributed by atoms with E-state index in [2.05, 4.69) is 50.2 Å². The topological polar surface area (TPSA) is 24.5 Å². The van der Waals surface area contributed by atoms with Crippen molar-refractivity contribution in [1.82, 2.24) is 10.2 Å². The second-order valence-electron chi connectivity index (χ2n) is 5.75. The molecule has 1 aromatic carbocycles. The van der Waals surface area contributed by atoms with Crippen LogP contribution in [0, 0.1) is 20.8 Å². The third-order valence-electron chi connectivity index (χ3n) is 3.98. The predicted molar refractivity (Wildman–Crippen MR) is 79.6 cm³/mol. The average Bonchev–Trinajstić information content (AvgIpc) is 2.35. The van der Waals surface area contributed by atoms with Crippen LogP contribution in [0.3, 0.4) is 0 Å². The molecule has 0 aromatic heterocycles. The van der Waals surface area contributed by atoms with Crippen molar-refractivity contribution in [3.8, 4) is 0 Å². The van der Waals surface area contributed by atoms with Crippen molar-refractivity contribution in [3.63, 3.8) is 0 Å². The maximum Gasteiger partial charge on any atom is 0.0826 e. The van der Waals surface area contributed by atoms with E-state index in [-0.39, 0.29) is 0 Å². The van der Waals surface area contributed by atoms with Crippen molar-refractivity contribution in [2.45, 2.75) is 33.4 Å². The van der Waals surface area contributed by atoms with Gasteiger partial charge in [0.2, 0.25) is 0 Å². The second kappa shape index (κ2) is 6.51. The van der Waals surface area contributed by atoms with E-state index in [4.69, 9.17) is 4.74 Å². The summed E-state index contributed by atoms with van der Waals surface area (Å²) < 4.78 is 5.76. The highest BCUT2D eigenvalue weighted by Crippen LogP contribution is 2.15. The summed E-state index contributed by atoms with van der Waals surface area (Å²) in [5, 5.41) is 3.53.